The van der Waals surface area contributed by atoms with Gasteiger partial charge in [-0.25, -0.2) is 4.79 Å². The third kappa shape index (κ3) is 5.17. The van der Waals surface area contributed by atoms with E-state index in [1.807, 2.05) is 12.1 Å². The molecule has 3 rings (SSSR count). The van der Waals surface area contributed by atoms with Gasteiger partial charge in [-0.15, -0.1) is 0 Å². The molecule has 0 radical (unpaired) electrons. The number of rotatable bonds is 4. The van der Waals surface area contributed by atoms with E-state index in [-0.39, 0.29) is 11.9 Å². The molecule has 1 aliphatic heterocycles. The smallest absolute Gasteiger partial charge is 0.317 e. The van der Waals surface area contributed by atoms with E-state index >= 15 is 0 Å². The number of urea groups is 1. The highest BCUT2D eigenvalue weighted by molar-refractivity contribution is 6.34. The van der Waals surface area contributed by atoms with Crippen LogP contribution in [0.4, 0.5) is 4.79 Å². The first-order valence-corrected chi connectivity index (χ1v) is 9.51. The van der Waals surface area contributed by atoms with Crippen molar-refractivity contribution < 1.29 is 14.0 Å². The van der Waals surface area contributed by atoms with Gasteiger partial charge in [0.05, 0.1) is 0 Å². The summed E-state index contributed by atoms with van der Waals surface area (Å²) in [4.78, 5) is 28.1. The molecule has 1 aliphatic rings. The Hall–Kier alpha value is -2.18. The summed E-state index contributed by atoms with van der Waals surface area (Å²) < 4.78 is 5.38. The molecule has 1 fully saturated rings. The fraction of sp³-hybridized carbons (Fsp3) is 0.368. The molecule has 0 atom stereocenters. The van der Waals surface area contributed by atoms with Gasteiger partial charge in [-0.3, -0.25) is 4.79 Å². The molecule has 1 saturated heterocycles. The Kier molecular flexibility index (Phi) is 6.29. The van der Waals surface area contributed by atoms with Crippen LogP contribution < -0.4 is 5.32 Å². The standard InChI is InChI=1S/C19H21Cl2N3O3/c1-13-2-3-17(27-13)18(25)23-6-8-24(9-7-23)19(26)22-5-4-14-10-15(20)12-16(21)11-14/h2-3,10-12H,4-9H2,1H3,(H,22,26). The molecule has 1 aromatic heterocycles. The molecule has 8 heteroatoms. The Morgan fingerprint density at radius 3 is 2.26 bits per heavy atom. The van der Waals surface area contributed by atoms with Crippen LogP contribution in [0.3, 0.4) is 0 Å². The highest BCUT2D eigenvalue weighted by atomic mass is 35.5. The van der Waals surface area contributed by atoms with Crippen molar-refractivity contribution in [2.75, 3.05) is 32.7 Å². The summed E-state index contributed by atoms with van der Waals surface area (Å²) in [7, 11) is 0. The first kappa shape index (κ1) is 19.6. The molecule has 27 heavy (non-hydrogen) atoms. The lowest BCUT2D eigenvalue weighted by Gasteiger charge is -2.34. The van der Waals surface area contributed by atoms with Crippen molar-refractivity contribution in [1.29, 1.82) is 0 Å². The predicted octanol–water partition coefficient (Wildman–Crippen LogP) is 3.60. The second kappa shape index (κ2) is 8.67. The van der Waals surface area contributed by atoms with Crippen LogP contribution in [0.15, 0.2) is 34.7 Å². The van der Waals surface area contributed by atoms with Gasteiger partial charge in [0.1, 0.15) is 5.76 Å². The van der Waals surface area contributed by atoms with Crippen molar-refractivity contribution in [2.24, 2.45) is 0 Å². The molecule has 2 heterocycles. The number of nitrogens with zero attached hydrogens (tertiary/aromatic N) is 2. The first-order valence-electron chi connectivity index (χ1n) is 8.76. The number of carbonyl (C=O) groups excluding carboxylic acids is 2. The normalized spacial score (nSPS) is 14.3. The fourth-order valence-electron chi connectivity index (χ4n) is 3.00. The Balaban J connectivity index is 1.43. The zero-order chi connectivity index (χ0) is 19.4. The molecule has 0 aliphatic carbocycles. The lowest BCUT2D eigenvalue weighted by atomic mass is 10.1. The van der Waals surface area contributed by atoms with E-state index in [4.69, 9.17) is 27.6 Å². The maximum Gasteiger partial charge on any atom is 0.317 e. The molecule has 0 spiro atoms. The highest BCUT2D eigenvalue weighted by Gasteiger charge is 2.26. The van der Waals surface area contributed by atoms with Gasteiger partial charge in [-0.05, 0) is 49.2 Å². The molecule has 6 nitrogen and oxygen atoms in total. The minimum absolute atomic E-state index is 0.135. The lowest BCUT2D eigenvalue weighted by molar-refractivity contribution is 0.0633. The van der Waals surface area contributed by atoms with Gasteiger partial charge in [-0.1, -0.05) is 23.2 Å². The van der Waals surface area contributed by atoms with E-state index in [0.29, 0.717) is 60.7 Å². The van der Waals surface area contributed by atoms with Crippen LogP contribution in [-0.4, -0.2) is 54.5 Å². The van der Waals surface area contributed by atoms with Crippen molar-refractivity contribution in [2.45, 2.75) is 13.3 Å². The van der Waals surface area contributed by atoms with Crippen LogP contribution in [0, 0.1) is 6.92 Å². The van der Waals surface area contributed by atoms with Crippen LogP contribution in [-0.2, 0) is 6.42 Å². The van der Waals surface area contributed by atoms with E-state index in [9.17, 15) is 9.59 Å². The van der Waals surface area contributed by atoms with Gasteiger partial charge in [0, 0.05) is 42.8 Å². The number of amides is 3. The number of piperazine rings is 1. The van der Waals surface area contributed by atoms with Crippen molar-refractivity contribution in [3.63, 3.8) is 0 Å². The average molecular weight is 410 g/mol. The maximum absolute atomic E-state index is 12.4. The number of hydrogen-bond acceptors (Lipinski definition) is 3. The monoisotopic (exact) mass is 409 g/mol. The van der Waals surface area contributed by atoms with Crippen LogP contribution in [0.1, 0.15) is 21.9 Å². The van der Waals surface area contributed by atoms with Crippen molar-refractivity contribution in [1.82, 2.24) is 15.1 Å². The highest BCUT2D eigenvalue weighted by Crippen LogP contribution is 2.19. The van der Waals surface area contributed by atoms with E-state index in [2.05, 4.69) is 5.32 Å². The number of hydrogen-bond donors (Lipinski definition) is 1. The Labute approximate surface area is 168 Å². The summed E-state index contributed by atoms with van der Waals surface area (Å²) >= 11 is 12.0. The third-order valence-corrected chi connectivity index (χ3v) is 4.85. The zero-order valence-electron chi connectivity index (χ0n) is 15.0. The third-order valence-electron chi connectivity index (χ3n) is 4.42. The number of nitrogens with one attached hydrogen (secondary N) is 1. The van der Waals surface area contributed by atoms with Crippen LogP contribution >= 0.6 is 23.2 Å². The van der Waals surface area contributed by atoms with Gasteiger partial charge >= 0.3 is 6.03 Å². The Bertz CT molecular complexity index is 809. The predicted molar refractivity (Wildman–Crippen MR) is 104 cm³/mol. The molecular weight excluding hydrogens is 389 g/mol. The maximum atomic E-state index is 12.4. The number of benzene rings is 1. The summed E-state index contributed by atoms with van der Waals surface area (Å²) in [6.07, 6.45) is 0.641. The minimum Gasteiger partial charge on any atom is -0.456 e. The molecule has 144 valence electrons. The molecular formula is C19H21Cl2N3O3. The average Bonchev–Trinajstić information content (AvgIpc) is 3.07. The summed E-state index contributed by atoms with van der Waals surface area (Å²) in [6, 6.07) is 8.66. The summed E-state index contributed by atoms with van der Waals surface area (Å²) in [5.41, 5.74) is 0.969. The molecule has 0 bridgehead atoms. The van der Waals surface area contributed by atoms with Crippen LogP contribution in [0.25, 0.3) is 0 Å². The van der Waals surface area contributed by atoms with Gasteiger partial charge in [0.2, 0.25) is 0 Å². The zero-order valence-corrected chi connectivity index (χ0v) is 16.5. The molecule has 1 aromatic carbocycles. The number of furan rings is 1. The van der Waals surface area contributed by atoms with Crippen LogP contribution in [0.2, 0.25) is 10.0 Å². The SMILES string of the molecule is Cc1ccc(C(=O)N2CCN(C(=O)NCCc3cc(Cl)cc(Cl)c3)CC2)o1. The van der Waals surface area contributed by atoms with Crippen LogP contribution in [0.5, 0.6) is 0 Å². The summed E-state index contributed by atoms with van der Waals surface area (Å²) in [5.74, 6) is 0.906. The van der Waals surface area contributed by atoms with Crippen molar-refractivity contribution in [3.05, 3.63) is 57.5 Å². The summed E-state index contributed by atoms with van der Waals surface area (Å²) in [5, 5.41) is 4.06. The van der Waals surface area contributed by atoms with Gasteiger partial charge in [0.15, 0.2) is 5.76 Å². The number of carbonyl (C=O) groups is 2. The minimum atomic E-state index is -0.138. The molecule has 0 saturated carbocycles. The largest absolute Gasteiger partial charge is 0.456 e. The van der Waals surface area contributed by atoms with E-state index in [1.54, 1.807) is 34.9 Å². The van der Waals surface area contributed by atoms with E-state index in [1.165, 1.54) is 0 Å². The first-order chi connectivity index (χ1) is 12.9. The Morgan fingerprint density at radius 2 is 1.67 bits per heavy atom. The van der Waals surface area contributed by atoms with Gasteiger partial charge in [-0.2, -0.15) is 0 Å². The molecule has 0 unspecified atom stereocenters. The van der Waals surface area contributed by atoms with E-state index < -0.39 is 0 Å². The van der Waals surface area contributed by atoms with Gasteiger partial charge in [0.25, 0.3) is 5.91 Å². The number of aryl methyl sites for hydroxylation is 1. The van der Waals surface area contributed by atoms with Crippen molar-refractivity contribution >= 4 is 35.1 Å². The number of halogens is 2. The van der Waals surface area contributed by atoms with Gasteiger partial charge < -0.3 is 19.5 Å². The Morgan fingerprint density at radius 1 is 1.04 bits per heavy atom. The second-order valence-corrected chi connectivity index (χ2v) is 7.32. The lowest BCUT2D eigenvalue weighted by Crippen LogP contribution is -2.53. The molecule has 1 N–H and O–H groups in total. The topological polar surface area (TPSA) is 65.8 Å². The second-order valence-electron chi connectivity index (χ2n) is 6.45. The fourth-order valence-corrected chi connectivity index (χ4v) is 3.57. The molecule has 2 aromatic rings. The quantitative estimate of drug-likeness (QED) is 0.838. The molecule has 3 amide bonds. The van der Waals surface area contributed by atoms with Crippen molar-refractivity contribution in [3.8, 4) is 0 Å². The van der Waals surface area contributed by atoms with E-state index in [0.717, 1.165) is 5.56 Å². The summed E-state index contributed by atoms with van der Waals surface area (Å²) in [6.45, 7) is 4.23.